The Hall–Kier alpha value is -0.270. The van der Waals surface area contributed by atoms with Crippen LogP contribution in [0.25, 0.3) is 0 Å². The van der Waals surface area contributed by atoms with E-state index < -0.39 is 12.7 Å². The van der Waals surface area contributed by atoms with Crippen molar-refractivity contribution >= 4 is 23.1 Å². The van der Waals surface area contributed by atoms with Crippen LogP contribution < -0.4 is 5.32 Å². The van der Waals surface area contributed by atoms with Gasteiger partial charge in [0.15, 0.2) is 0 Å². The second-order valence-corrected chi connectivity index (χ2v) is 6.32. The van der Waals surface area contributed by atoms with Gasteiger partial charge < -0.3 is 5.32 Å². The van der Waals surface area contributed by atoms with E-state index in [1.54, 1.807) is 17.1 Å². The highest BCUT2D eigenvalue weighted by atomic mass is 32.2. The number of rotatable bonds is 6. The molecule has 0 bridgehead atoms. The van der Waals surface area contributed by atoms with Gasteiger partial charge in [0.1, 0.15) is 5.01 Å². The molecule has 0 spiro atoms. The topological polar surface area (TPSA) is 24.9 Å². The third-order valence-electron chi connectivity index (χ3n) is 1.77. The van der Waals surface area contributed by atoms with E-state index in [4.69, 9.17) is 0 Å². The maximum atomic E-state index is 11.9. The van der Waals surface area contributed by atoms with Gasteiger partial charge in [-0.1, -0.05) is 13.8 Å². The highest BCUT2D eigenvalue weighted by Gasteiger charge is 2.26. The monoisotopic (exact) mass is 284 g/mol. The molecule has 1 aromatic heterocycles. The van der Waals surface area contributed by atoms with Crippen molar-refractivity contribution < 1.29 is 13.2 Å². The van der Waals surface area contributed by atoms with Crippen molar-refractivity contribution in [3.8, 4) is 0 Å². The fourth-order valence-electron chi connectivity index (χ4n) is 1.07. The summed E-state index contributed by atoms with van der Waals surface area (Å²) in [5.41, 5.74) is 0.679. The third-order valence-corrected chi connectivity index (χ3v) is 3.96. The first-order chi connectivity index (χ1) is 7.87. The first kappa shape index (κ1) is 14.8. The van der Waals surface area contributed by atoms with Crippen molar-refractivity contribution in [1.29, 1.82) is 0 Å². The second kappa shape index (κ2) is 6.61. The summed E-state index contributed by atoms with van der Waals surface area (Å²) in [7, 11) is 0. The molecule has 0 radical (unpaired) electrons. The summed E-state index contributed by atoms with van der Waals surface area (Å²) in [5.74, 6) is 0.821. The molecule has 2 nitrogen and oxygen atoms in total. The molecule has 0 aliphatic heterocycles. The molecule has 1 heterocycles. The number of halogens is 3. The van der Waals surface area contributed by atoms with Crippen LogP contribution in [0.4, 0.5) is 13.2 Å². The molecule has 98 valence electrons. The van der Waals surface area contributed by atoms with Gasteiger partial charge in [0.05, 0.1) is 12.2 Å². The molecule has 17 heavy (non-hydrogen) atoms. The summed E-state index contributed by atoms with van der Waals surface area (Å²) in [4.78, 5) is 4.27. The molecule has 1 N–H and O–H groups in total. The fraction of sp³-hybridized carbons (Fsp3) is 0.700. The lowest BCUT2D eigenvalue weighted by Gasteiger charge is -2.06. The molecule has 0 amide bonds. The van der Waals surface area contributed by atoms with E-state index in [0.717, 1.165) is 10.8 Å². The minimum Gasteiger partial charge on any atom is -0.303 e. The predicted octanol–water partition coefficient (Wildman–Crippen LogP) is 3.44. The molecule has 0 saturated heterocycles. The van der Waals surface area contributed by atoms with E-state index in [0.29, 0.717) is 10.9 Å². The van der Waals surface area contributed by atoms with Gasteiger partial charge in [-0.05, 0) is 5.25 Å². The van der Waals surface area contributed by atoms with Gasteiger partial charge in [-0.2, -0.15) is 24.9 Å². The Kier molecular flexibility index (Phi) is 5.75. The lowest BCUT2D eigenvalue weighted by atomic mass is 10.4. The van der Waals surface area contributed by atoms with Gasteiger partial charge in [0.25, 0.3) is 0 Å². The number of nitrogens with one attached hydrogen (secondary N) is 1. The van der Waals surface area contributed by atoms with Crippen molar-refractivity contribution in [2.24, 2.45) is 0 Å². The average molecular weight is 284 g/mol. The van der Waals surface area contributed by atoms with Crippen LogP contribution in [0.2, 0.25) is 0 Å². The summed E-state index contributed by atoms with van der Waals surface area (Å²) in [6.07, 6.45) is -4.16. The molecule has 0 atom stereocenters. The molecule has 0 fully saturated rings. The minimum atomic E-state index is -4.16. The summed E-state index contributed by atoms with van der Waals surface area (Å²) in [6.45, 7) is 3.40. The van der Waals surface area contributed by atoms with Gasteiger partial charge in [-0.15, -0.1) is 11.3 Å². The lowest BCUT2D eigenvalue weighted by Crippen LogP contribution is -2.28. The largest absolute Gasteiger partial charge is 0.401 e. The molecule has 1 rings (SSSR count). The number of thiazole rings is 1. The van der Waals surface area contributed by atoms with Crippen molar-refractivity contribution in [2.45, 2.75) is 37.6 Å². The van der Waals surface area contributed by atoms with E-state index in [1.807, 2.05) is 0 Å². The molecule has 0 aliphatic carbocycles. The zero-order chi connectivity index (χ0) is 12.9. The van der Waals surface area contributed by atoms with Gasteiger partial charge in [-0.3, -0.25) is 0 Å². The summed E-state index contributed by atoms with van der Waals surface area (Å²) in [5, 5.41) is 5.64. The van der Waals surface area contributed by atoms with Crippen molar-refractivity contribution in [1.82, 2.24) is 10.3 Å². The minimum absolute atomic E-state index is 0.169. The molecule has 7 heteroatoms. The van der Waals surface area contributed by atoms with E-state index in [2.05, 4.69) is 24.1 Å². The standard InChI is InChI=1S/C10H15F3N2S2/c1-7(2)16-5-9-15-8(4-17-9)3-14-6-10(11,12)13/h4,7,14H,3,5-6H2,1-2H3. The van der Waals surface area contributed by atoms with Crippen LogP contribution in [0.5, 0.6) is 0 Å². The lowest BCUT2D eigenvalue weighted by molar-refractivity contribution is -0.125. The van der Waals surface area contributed by atoms with E-state index in [1.165, 1.54) is 11.3 Å². The van der Waals surface area contributed by atoms with Crippen LogP contribution >= 0.6 is 23.1 Å². The van der Waals surface area contributed by atoms with Gasteiger partial charge in [0.2, 0.25) is 0 Å². The van der Waals surface area contributed by atoms with Gasteiger partial charge in [0, 0.05) is 17.7 Å². The van der Waals surface area contributed by atoms with Gasteiger partial charge in [-0.25, -0.2) is 4.98 Å². The fourth-order valence-corrected chi connectivity index (χ4v) is 2.66. The van der Waals surface area contributed by atoms with E-state index >= 15 is 0 Å². The first-order valence-electron chi connectivity index (χ1n) is 5.19. The highest BCUT2D eigenvalue weighted by molar-refractivity contribution is 7.99. The maximum absolute atomic E-state index is 11.9. The Morgan fingerprint density at radius 1 is 1.47 bits per heavy atom. The van der Waals surface area contributed by atoms with Gasteiger partial charge >= 0.3 is 6.18 Å². The Bertz CT molecular complexity index is 337. The number of hydrogen-bond acceptors (Lipinski definition) is 4. The van der Waals surface area contributed by atoms with Crippen LogP contribution in [0, 0.1) is 0 Å². The maximum Gasteiger partial charge on any atom is 0.401 e. The Balaban J connectivity index is 2.31. The van der Waals surface area contributed by atoms with Crippen LogP contribution in [0.3, 0.4) is 0 Å². The van der Waals surface area contributed by atoms with Crippen LogP contribution in [0.1, 0.15) is 24.5 Å². The number of thioether (sulfide) groups is 1. The second-order valence-electron chi connectivity index (χ2n) is 3.81. The summed E-state index contributed by atoms with van der Waals surface area (Å²) < 4.78 is 35.7. The SMILES string of the molecule is CC(C)SCc1nc(CNCC(F)(F)F)cs1. The molecule has 0 aliphatic rings. The zero-order valence-corrected chi connectivity index (χ0v) is 11.3. The highest BCUT2D eigenvalue weighted by Crippen LogP contribution is 2.20. The summed E-state index contributed by atoms with van der Waals surface area (Å²) in [6, 6.07) is 0. The molecular formula is C10H15F3N2S2. The smallest absolute Gasteiger partial charge is 0.303 e. The zero-order valence-electron chi connectivity index (χ0n) is 9.67. The average Bonchev–Trinajstić information content (AvgIpc) is 2.61. The van der Waals surface area contributed by atoms with E-state index in [9.17, 15) is 13.2 Å². The predicted molar refractivity (Wildman–Crippen MR) is 66.3 cm³/mol. The number of alkyl halides is 3. The number of hydrogen-bond donors (Lipinski definition) is 1. The Morgan fingerprint density at radius 3 is 2.76 bits per heavy atom. The first-order valence-corrected chi connectivity index (χ1v) is 7.12. The molecule has 1 aromatic rings. The molecule has 0 aromatic carbocycles. The molecular weight excluding hydrogens is 269 g/mol. The summed E-state index contributed by atoms with van der Waals surface area (Å²) >= 11 is 3.27. The Labute approximate surface area is 107 Å². The van der Waals surface area contributed by atoms with Crippen molar-refractivity contribution in [2.75, 3.05) is 6.54 Å². The van der Waals surface area contributed by atoms with Crippen molar-refractivity contribution in [3.05, 3.63) is 16.1 Å². The number of nitrogens with zero attached hydrogens (tertiary/aromatic N) is 1. The third kappa shape index (κ3) is 6.90. The molecule has 0 unspecified atom stereocenters. The van der Waals surface area contributed by atoms with E-state index in [-0.39, 0.29) is 6.54 Å². The van der Waals surface area contributed by atoms with Crippen LogP contribution in [-0.4, -0.2) is 23.0 Å². The van der Waals surface area contributed by atoms with Crippen molar-refractivity contribution in [3.63, 3.8) is 0 Å². The normalized spacial score (nSPS) is 12.4. The van der Waals surface area contributed by atoms with Crippen LogP contribution in [-0.2, 0) is 12.3 Å². The molecule has 0 saturated carbocycles. The number of aromatic nitrogens is 1. The Morgan fingerprint density at radius 2 is 2.18 bits per heavy atom. The quantitative estimate of drug-likeness (QED) is 0.866. The van der Waals surface area contributed by atoms with Crippen LogP contribution in [0.15, 0.2) is 5.38 Å².